The maximum atomic E-state index is 12.2. The summed E-state index contributed by atoms with van der Waals surface area (Å²) in [7, 11) is 0. The van der Waals surface area contributed by atoms with Crippen LogP contribution in [-0.2, 0) is 19.1 Å². The Morgan fingerprint density at radius 1 is 1.48 bits per heavy atom. The number of rotatable bonds is 8. The second kappa shape index (κ2) is 8.85. The normalized spacial score (nSPS) is 30.0. The number of nitrogens with two attached hydrogens (primary N) is 1. The number of carbonyl (C=O) groups excluding carboxylic acids is 2. The molecular formula is C18H27NO5S. The molecule has 0 aromatic carbocycles. The number of hydrogen-bond donors (Lipinski definition) is 2. The molecule has 2 rings (SSSR count). The third kappa shape index (κ3) is 5.31. The molecule has 25 heavy (non-hydrogen) atoms. The van der Waals surface area contributed by atoms with Gasteiger partial charge in [-0.25, -0.2) is 0 Å². The van der Waals surface area contributed by atoms with E-state index in [1.165, 1.54) is 17.3 Å². The van der Waals surface area contributed by atoms with E-state index >= 15 is 0 Å². The summed E-state index contributed by atoms with van der Waals surface area (Å²) in [6, 6.07) is -0.912. The van der Waals surface area contributed by atoms with Gasteiger partial charge in [-0.2, -0.15) is 11.8 Å². The highest BCUT2D eigenvalue weighted by Crippen LogP contribution is 2.41. The molecule has 3 N–H and O–H groups in total. The Labute approximate surface area is 152 Å². The number of carboxylic acid groups (broad SMARTS) is 1. The zero-order valence-corrected chi connectivity index (χ0v) is 15.6. The Kier molecular flexibility index (Phi) is 7.07. The maximum absolute atomic E-state index is 12.2. The van der Waals surface area contributed by atoms with Crippen LogP contribution in [-0.4, -0.2) is 46.5 Å². The number of ether oxygens (including phenoxy) is 1. The van der Waals surface area contributed by atoms with Gasteiger partial charge in [-0.3, -0.25) is 9.59 Å². The molecule has 0 amide bonds. The minimum absolute atomic E-state index is 0.0904. The molecule has 6 nitrogen and oxygen atoms in total. The van der Waals surface area contributed by atoms with Crippen molar-refractivity contribution in [2.24, 2.45) is 23.5 Å². The van der Waals surface area contributed by atoms with E-state index in [4.69, 9.17) is 15.6 Å². The van der Waals surface area contributed by atoms with Crippen LogP contribution in [0.1, 0.15) is 39.5 Å². The average Bonchev–Trinajstić information content (AvgIpc) is 2.72. The second-order valence-electron chi connectivity index (χ2n) is 7.08. The number of thioether (sulfide) groups is 1. The number of esters is 1. The maximum Gasteiger partial charge on any atom is 0.321 e. The summed E-state index contributed by atoms with van der Waals surface area (Å²) in [4.78, 5) is 34.2. The van der Waals surface area contributed by atoms with Crippen molar-refractivity contribution in [2.45, 2.75) is 51.7 Å². The van der Waals surface area contributed by atoms with Crippen molar-refractivity contribution in [3.8, 4) is 0 Å². The Balaban J connectivity index is 1.96. The molecular weight excluding hydrogens is 342 g/mol. The third-order valence-corrected chi connectivity index (χ3v) is 6.30. The van der Waals surface area contributed by atoms with Crippen molar-refractivity contribution < 1.29 is 24.2 Å². The van der Waals surface area contributed by atoms with E-state index in [0.29, 0.717) is 18.1 Å². The minimum Gasteiger partial charge on any atom is -0.480 e. The molecule has 0 saturated carbocycles. The van der Waals surface area contributed by atoms with Gasteiger partial charge in [-0.05, 0) is 32.1 Å². The highest BCUT2D eigenvalue weighted by molar-refractivity contribution is 7.99. The van der Waals surface area contributed by atoms with Crippen molar-refractivity contribution in [1.82, 2.24) is 0 Å². The van der Waals surface area contributed by atoms with Crippen LogP contribution >= 0.6 is 11.8 Å². The van der Waals surface area contributed by atoms with Crippen LogP contribution in [0.25, 0.3) is 0 Å². The van der Waals surface area contributed by atoms with E-state index < -0.39 is 12.0 Å². The standard InChI is InChI=1S/C18H27NO5S/c1-10-7-16-13(6-5-12(10)4-3-11(2)20)14(18(23)24-16)8-25-9-15(19)17(21)22/h5,10,13-16H,3-4,6-9,19H2,1-2H3,(H,21,22)/t10?,13-,14?,15+,16-/m1/s1. The topological polar surface area (TPSA) is 107 Å². The van der Waals surface area contributed by atoms with E-state index in [9.17, 15) is 14.4 Å². The number of fused-ring (bicyclic) bond motifs is 1. The zero-order valence-electron chi connectivity index (χ0n) is 14.8. The first kappa shape index (κ1) is 20.0. The van der Waals surface area contributed by atoms with Gasteiger partial charge in [0.2, 0.25) is 0 Å². The minimum atomic E-state index is -1.03. The van der Waals surface area contributed by atoms with E-state index in [1.807, 2.05) is 0 Å². The number of ketones is 1. The first-order valence-electron chi connectivity index (χ1n) is 8.74. The van der Waals surface area contributed by atoms with Gasteiger partial charge in [-0.1, -0.05) is 18.6 Å². The van der Waals surface area contributed by atoms with Crippen LogP contribution in [0.2, 0.25) is 0 Å². The fourth-order valence-electron chi connectivity index (χ4n) is 3.54. The Morgan fingerprint density at radius 3 is 2.84 bits per heavy atom. The molecule has 1 heterocycles. The van der Waals surface area contributed by atoms with Crippen LogP contribution in [0.15, 0.2) is 11.6 Å². The van der Waals surface area contributed by atoms with Crippen molar-refractivity contribution in [3.05, 3.63) is 11.6 Å². The fraction of sp³-hybridized carbons (Fsp3) is 0.722. The molecule has 2 unspecified atom stereocenters. The Hall–Kier alpha value is -1.34. The molecule has 0 aromatic rings. The number of aliphatic carboxylic acids is 1. The number of hydrogen-bond acceptors (Lipinski definition) is 6. The third-order valence-electron chi connectivity index (χ3n) is 5.11. The Bertz CT molecular complexity index is 562. The fourth-order valence-corrected chi connectivity index (χ4v) is 4.71. The van der Waals surface area contributed by atoms with Crippen LogP contribution in [0.5, 0.6) is 0 Å². The molecule has 1 saturated heterocycles. The van der Waals surface area contributed by atoms with Gasteiger partial charge in [0.05, 0.1) is 5.92 Å². The molecule has 0 bridgehead atoms. The lowest BCUT2D eigenvalue weighted by atomic mass is 9.87. The monoisotopic (exact) mass is 369 g/mol. The summed E-state index contributed by atoms with van der Waals surface area (Å²) < 4.78 is 5.61. The zero-order chi connectivity index (χ0) is 18.6. The lowest BCUT2D eigenvalue weighted by Crippen LogP contribution is -2.33. The van der Waals surface area contributed by atoms with Crippen molar-refractivity contribution >= 4 is 29.5 Å². The highest BCUT2D eigenvalue weighted by Gasteiger charge is 2.45. The van der Waals surface area contributed by atoms with Crippen LogP contribution in [0, 0.1) is 17.8 Å². The molecule has 0 radical (unpaired) electrons. The first-order chi connectivity index (χ1) is 11.8. The Morgan fingerprint density at radius 2 is 2.20 bits per heavy atom. The number of carbonyl (C=O) groups is 3. The van der Waals surface area contributed by atoms with Crippen molar-refractivity contribution in [1.29, 1.82) is 0 Å². The largest absolute Gasteiger partial charge is 0.480 e. The van der Waals surface area contributed by atoms with Crippen molar-refractivity contribution in [2.75, 3.05) is 11.5 Å². The molecule has 2 aliphatic rings. The summed E-state index contributed by atoms with van der Waals surface area (Å²) in [6.45, 7) is 3.73. The molecule has 1 fully saturated rings. The summed E-state index contributed by atoms with van der Waals surface area (Å²) in [5.41, 5.74) is 6.79. The number of allylic oxidation sites excluding steroid dienone is 2. The summed E-state index contributed by atoms with van der Waals surface area (Å²) in [5, 5.41) is 8.84. The molecule has 0 aromatic heterocycles. The lowest BCUT2D eigenvalue weighted by molar-refractivity contribution is -0.144. The SMILES string of the molecule is CC(=O)CCC1=CC[C@@H]2C(CSC[C@H](N)C(=O)O)C(=O)O[C@@H]2CC1C. The van der Waals surface area contributed by atoms with E-state index in [0.717, 1.165) is 19.3 Å². The predicted molar refractivity (Wildman–Crippen MR) is 96.2 cm³/mol. The molecule has 5 atom stereocenters. The molecule has 1 aliphatic carbocycles. The first-order valence-corrected chi connectivity index (χ1v) is 9.90. The smallest absolute Gasteiger partial charge is 0.321 e. The van der Waals surface area contributed by atoms with Crippen LogP contribution in [0.4, 0.5) is 0 Å². The van der Waals surface area contributed by atoms with Gasteiger partial charge in [0.15, 0.2) is 0 Å². The van der Waals surface area contributed by atoms with E-state index in [-0.39, 0.29) is 35.4 Å². The van der Waals surface area contributed by atoms with Gasteiger partial charge in [0, 0.05) is 23.8 Å². The quantitative estimate of drug-likeness (QED) is 0.498. The van der Waals surface area contributed by atoms with Gasteiger partial charge in [0.1, 0.15) is 17.9 Å². The van der Waals surface area contributed by atoms with Gasteiger partial charge in [-0.15, -0.1) is 0 Å². The molecule has 7 heteroatoms. The summed E-state index contributed by atoms with van der Waals surface area (Å²) >= 11 is 1.40. The highest BCUT2D eigenvalue weighted by atomic mass is 32.2. The summed E-state index contributed by atoms with van der Waals surface area (Å²) in [5.74, 6) is 0.00492. The van der Waals surface area contributed by atoms with Crippen LogP contribution in [0.3, 0.4) is 0 Å². The second-order valence-corrected chi connectivity index (χ2v) is 8.16. The number of Topliss-reactive ketones (excluding diaryl/α,β-unsaturated/α-hetero) is 1. The van der Waals surface area contributed by atoms with Gasteiger partial charge in [0.25, 0.3) is 0 Å². The van der Waals surface area contributed by atoms with Crippen LogP contribution < -0.4 is 5.73 Å². The molecule has 140 valence electrons. The van der Waals surface area contributed by atoms with Gasteiger partial charge < -0.3 is 20.4 Å². The summed E-state index contributed by atoms with van der Waals surface area (Å²) in [6.07, 6.45) is 4.97. The van der Waals surface area contributed by atoms with E-state index in [1.54, 1.807) is 6.92 Å². The molecule has 0 spiro atoms. The predicted octanol–water partition coefficient (Wildman–Crippen LogP) is 2.01. The van der Waals surface area contributed by atoms with Crippen molar-refractivity contribution in [3.63, 3.8) is 0 Å². The van der Waals surface area contributed by atoms with Gasteiger partial charge >= 0.3 is 11.9 Å². The van der Waals surface area contributed by atoms with E-state index in [2.05, 4.69) is 13.0 Å². The lowest BCUT2D eigenvalue weighted by Gasteiger charge is -2.19. The average molecular weight is 369 g/mol. The number of carboxylic acids is 1. The molecule has 1 aliphatic heterocycles.